The summed E-state index contributed by atoms with van der Waals surface area (Å²) in [5.74, 6) is 1.92. The van der Waals surface area contributed by atoms with Crippen molar-refractivity contribution in [1.29, 1.82) is 0 Å². The van der Waals surface area contributed by atoms with Gasteiger partial charge in [0.25, 0.3) is 0 Å². The fraction of sp³-hybridized carbons (Fsp3) is 0.450. The number of carbonyl (C=O) groups excluding carboxylic acids is 1. The normalized spacial score (nSPS) is 20.8. The number of amides is 1. The number of hydrogen-bond donors (Lipinski definition) is 0. The van der Waals surface area contributed by atoms with Crippen molar-refractivity contribution < 1.29 is 4.79 Å². The van der Waals surface area contributed by atoms with E-state index < -0.39 is 0 Å². The number of benzene rings is 1. The van der Waals surface area contributed by atoms with Crippen molar-refractivity contribution in [3.63, 3.8) is 0 Å². The zero-order valence-electron chi connectivity index (χ0n) is 15.4. The van der Waals surface area contributed by atoms with E-state index in [0.29, 0.717) is 12.6 Å². The summed E-state index contributed by atoms with van der Waals surface area (Å²) in [6.45, 7) is 5.05. The van der Waals surface area contributed by atoms with Crippen molar-refractivity contribution >= 4 is 17.5 Å². The fourth-order valence-electron chi connectivity index (χ4n) is 3.89. The van der Waals surface area contributed by atoms with Gasteiger partial charge >= 0.3 is 0 Å². The molecule has 6 nitrogen and oxygen atoms in total. The van der Waals surface area contributed by atoms with Crippen molar-refractivity contribution in [2.45, 2.75) is 25.8 Å². The molecule has 0 bridgehead atoms. The molecule has 2 aromatic rings. The summed E-state index contributed by atoms with van der Waals surface area (Å²) in [4.78, 5) is 27.2. The predicted molar refractivity (Wildman–Crippen MR) is 102 cm³/mol. The highest BCUT2D eigenvalue weighted by Crippen LogP contribution is 2.36. The van der Waals surface area contributed by atoms with Crippen molar-refractivity contribution in [2.24, 2.45) is 0 Å². The number of likely N-dealkylation sites (N-methyl/N-ethyl adjacent to an activating group) is 1. The number of aryl methyl sites for hydroxylation is 1. The van der Waals surface area contributed by atoms with Crippen LogP contribution in [0.5, 0.6) is 0 Å². The average molecular weight is 351 g/mol. The number of carbonyl (C=O) groups is 1. The summed E-state index contributed by atoms with van der Waals surface area (Å²) in [5.41, 5.74) is 2.63. The van der Waals surface area contributed by atoms with E-state index in [2.05, 4.69) is 46.1 Å². The molecule has 1 unspecified atom stereocenters. The molecule has 2 saturated heterocycles. The molecule has 0 saturated carbocycles. The standard InChI is InChI=1S/C20H25N5O/c1-15-5-3-6-16(11-15)17-7-4-8-25(17)19-12-18(21-14-22-19)24-10-9-23(2)20(26)13-24/h3,5-6,11-12,14,17H,4,7-10,13H2,1-2H3. The van der Waals surface area contributed by atoms with E-state index in [4.69, 9.17) is 0 Å². The molecule has 4 rings (SSSR count). The Morgan fingerprint density at radius 3 is 2.73 bits per heavy atom. The minimum Gasteiger partial charge on any atom is -0.349 e. The second-order valence-electron chi connectivity index (χ2n) is 7.24. The molecule has 3 heterocycles. The molecule has 0 spiro atoms. The Bertz CT molecular complexity index is 808. The number of rotatable bonds is 3. The van der Waals surface area contributed by atoms with Crippen LogP contribution in [0.1, 0.15) is 30.0 Å². The van der Waals surface area contributed by atoms with Crippen LogP contribution in [-0.2, 0) is 4.79 Å². The minimum atomic E-state index is 0.134. The topological polar surface area (TPSA) is 52.6 Å². The van der Waals surface area contributed by atoms with E-state index in [9.17, 15) is 4.79 Å². The van der Waals surface area contributed by atoms with E-state index >= 15 is 0 Å². The van der Waals surface area contributed by atoms with Crippen LogP contribution in [0.3, 0.4) is 0 Å². The third-order valence-electron chi connectivity index (χ3n) is 5.39. The Morgan fingerprint density at radius 1 is 1.08 bits per heavy atom. The molecular formula is C20H25N5O. The molecule has 2 fully saturated rings. The Kier molecular flexibility index (Phi) is 4.49. The van der Waals surface area contributed by atoms with Crippen LogP contribution >= 0.6 is 0 Å². The first-order valence-electron chi connectivity index (χ1n) is 9.26. The SMILES string of the molecule is Cc1cccc(C2CCCN2c2cc(N3CCN(C)C(=O)C3)ncn2)c1. The van der Waals surface area contributed by atoms with Gasteiger partial charge in [-0.3, -0.25) is 4.79 Å². The zero-order chi connectivity index (χ0) is 18.1. The van der Waals surface area contributed by atoms with E-state index in [0.717, 1.165) is 44.1 Å². The summed E-state index contributed by atoms with van der Waals surface area (Å²) in [5, 5.41) is 0. The number of aromatic nitrogens is 2. The lowest BCUT2D eigenvalue weighted by atomic mass is 10.0. The summed E-state index contributed by atoms with van der Waals surface area (Å²) in [6, 6.07) is 11.1. The molecule has 26 heavy (non-hydrogen) atoms. The number of piperazine rings is 1. The van der Waals surface area contributed by atoms with Crippen LogP contribution in [0.15, 0.2) is 36.7 Å². The maximum atomic E-state index is 12.0. The molecule has 1 atom stereocenters. The molecule has 1 aromatic carbocycles. The number of anilines is 2. The quantitative estimate of drug-likeness (QED) is 0.850. The van der Waals surface area contributed by atoms with E-state index in [-0.39, 0.29) is 5.91 Å². The maximum absolute atomic E-state index is 12.0. The van der Waals surface area contributed by atoms with Gasteiger partial charge in [0.2, 0.25) is 5.91 Å². The van der Waals surface area contributed by atoms with Gasteiger partial charge in [-0.05, 0) is 25.3 Å². The minimum absolute atomic E-state index is 0.134. The Hall–Kier alpha value is -2.63. The van der Waals surface area contributed by atoms with Gasteiger partial charge < -0.3 is 14.7 Å². The zero-order valence-corrected chi connectivity index (χ0v) is 15.4. The van der Waals surface area contributed by atoms with E-state index in [1.807, 2.05) is 18.0 Å². The largest absolute Gasteiger partial charge is 0.349 e. The molecular weight excluding hydrogens is 326 g/mol. The fourth-order valence-corrected chi connectivity index (χ4v) is 3.89. The lowest BCUT2D eigenvalue weighted by Gasteiger charge is -2.33. The van der Waals surface area contributed by atoms with Crippen molar-refractivity contribution in [1.82, 2.24) is 14.9 Å². The van der Waals surface area contributed by atoms with Gasteiger partial charge in [0, 0.05) is 32.7 Å². The van der Waals surface area contributed by atoms with Gasteiger partial charge in [0.15, 0.2) is 0 Å². The smallest absolute Gasteiger partial charge is 0.241 e. The second kappa shape index (κ2) is 6.94. The lowest BCUT2D eigenvalue weighted by molar-refractivity contribution is -0.129. The van der Waals surface area contributed by atoms with Crippen LogP contribution in [-0.4, -0.2) is 54.0 Å². The van der Waals surface area contributed by atoms with Crippen LogP contribution in [0.25, 0.3) is 0 Å². The third kappa shape index (κ3) is 3.23. The highest BCUT2D eigenvalue weighted by Gasteiger charge is 2.28. The summed E-state index contributed by atoms with van der Waals surface area (Å²) in [6.07, 6.45) is 3.92. The molecule has 6 heteroatoms. The van der Waals surface area contributed by atoms with Crippen molar-refractivity contribution in [3.05, 3.63) is 47.8 Å². The summed E-state index contributed by atoms with van der Waals surface area (Å²) < 4.78 is 0. The molecule has 0 aliphatic carbocycles. The van der Waals surface area contributed by atoms with Crippen molar-refractivity contribution in [3.8, 4) is 0 Å². The molecule has 1 aromatic heterocycles. The Labute approximate surface area is 154 Å². The van der Waals surface area contributed by atoms with Crippen LogP contribution in [0.2, 0.25) is 0 Å². The molecule has 0 N–H and O–H groups in total. The third-order valence-corrected chi connectivity index (χ3v) is 5.39. The van der Waals surface area contributed by atoms with Crippen LogP contribution in [0, 0.1) is 6.92 Å². The first-order valence-corrected chi connectivity index (χ1v) is 9.26. The van der Waals surface area contributed by atoms with Crippen LogP contribution < -0.4 is 9.80 Å². The molecule has 1 amide bonds. The maximum Gasteiger partial charge on any atom is 0.241 e. The molecule has 2 aliphatic heterocycles. The molecule has 136 valence electrons. The van der Waals surface area contributed by atoms with Crippen LogP contribution in [0.4, 0.5) is 11.6 Å². The first-order chi connectivity index (χ1) is 12.6. The van der Waals surface area contributed by atoms with Gasteiger partial charge in [-0.15, -0.1) is 0 Å². The predicted octanol–water partition coefficient (Wildman–Crippen LogP) is 2.40. The Morgan fingerprint density at radius 2 is 1.92 bits per heavy atom. The summed E-state index contributed by atoms with van der Waals surface area (Å²) >= 11 is 0. The number of hydrogen-bond acceptors (Lipinski definition) is 5. The molecule has 2 aliphatic rings. The van der Waals surface area contributed by atoms with Gasteiger partial charge in [-0.25, -0.2) is 9.97 Å². The molecule has 0 radical (unpaired) electrons. The summed E-state index contributed by atoms with van der Waals surface area (Å²) in [7, 11) is 1.85. The Balaban J connectivity index is 1.58. The first kappa shape index (κ1) is 16.8. The van der Waals surface area contributed by atoms with Gasteiger partial charge in [0.1, 0.15) is 18.0 Å². The van der Waals surface area contributed by atoms with Gasteiger partial charge in [0.05, 0.1) is 12.6 Å². The van der Waals surface area contributed by atoms with E-state index in [1.165, 1.54) is 11.1 Å². The number of nitrogens with zero attached hydrogens (tertiary/aromatic N) is 5. The van der Waals surface area contributed by atoms with E-state index in [1.54, 1.807) is 11.2 Å². The van der Waals surface area contributed by atoms with Gasteiger partial charge in [-0.2, -0.15) is 0 Å². The highest BCUT2D eigenvalue weighted by atomic mass is 16.2. The average Bonchev–Trinajstić information content (AvgIpc) is 3.14. The monoisotopic (exact) mass is 351 g/mol. The van der Waals surface area contributed by atoms with Crippen molar-refractivity contribution in [2.75, 3.05) is 43.0 Å². The van der Waals surface area contributed by atoms with Gasteiger partial charge in [-0.1, -0.05) is 29.8 Å². The second-order valence-corrected chi connectivity index (χ2v) is 7.24. The lowest BCUT2D eigenvalue weighted by Crippen LogP contribution is -2.48. The highest BCUT2D eigenvalue weighted by molar-refractivity contribution is 5.82.